The molecule has 0 amide bonds. The lowest BCUT2D eigenvalue weighted by molar-refractivity contribution is -0.00912. The molecule has 0 saturated heterocycles. The molecule has 2 unspecified atom stereocenters. The molecular weight excluding hydrogens is 270 g/mol. The quantitative estimate of drug-likeness (QED) is 0.854. The molecular formula is C17H26ClNO. The van der Waals surface area contributed by atoms with Gasteiger partial charge in [-0.2, -0.15) is 0 Å². The minimum atomic E-state index is 0.0687. The van der Waals surface area contributed by atoms with Crippen molar-refractivity contribution < 1.29 is 4.74 Å². The zero-order valence-corrected chi connectivity index (χ0v) is 13.1. The second-order valence-electron chi connectivity index (χ2n) is 5.81. The molecule has 1 aliphatic carbocycles. The van der Waals surface area contributed by atoms with Crippen LogP contribution in [0.4, 0.5) is 0 Å². The van der Waals surface area contributed by atoms with Crippen LogP contribution in [0.15, 0.2) is 24.3 Å². The van der Waals surface area contributed by atoms with E-state index in [1.807, 2.05) is 12.1 Å². The van der Waals surface area contributed by atoms with Crippen molar-refractivity contribution in [2.24, 2.45) is 11.7 Å². The maximum atomic E-state index is 6.45. The summed E-state index contributed by atoms with van der Waals surface area (Å²) in [6.07, 6.45) is 7.58. The predicted molar refractivity (Wildman–Crippen MR) is 85.1 cm³/mol. The highest BCUT2D eigenvalue weighted by atomic mass is 35.5. The zero-order valence-electron chi connectivity index (χ0n) is 12.4. The van der Waals surface area contributed by atoms with Gasteiger partial charge in [0.05, 0.1) is 6.10 Å². The van der Waals surface area contributed by atoms with E-state index in [1.165, 1.54) is 37.7 Å². The number of hydrogen-bond donors (Lipinski definition) is 1. The Bertz CT molecular complexity index is 386. The lowest BCUT2D eigenvalue weighted by Gasteiger charge is -2.34. The molecule has 0 aliphatic heterocycles. The Balaban J connectivity index is 1.98. The van der Waals surface area contributed by atoms with E-state index in [-0.39, 0.29) is 12.1 Å². The average Bonchev–Trinajstić information content (AvgIpc) is 2.48. The molecule has 2 atom stereocenters. The van der Waals surface area contributed by atoms with E-state index < -0.39 is 0 Å². The summed E-state index contributed by atoms with van der Waals surface area (Å²) in [6, 6.07) is 8.05. The SMILES string of the molecule is CCOC(C(N)Cc1ccc(Cl)cc1)C1CCCCC1. The van der Waals surface area contributed by atoms with Crippen LogP contribution in [-0.4, -0.2) is 18.8 Å². The summed E-state index contributed by atoms with van der Waals surface area (Å²) in [5, 5.41) is 0.774. The van der Waals surface area contributed by atoms with Crippen molar-refractivity contribution in [1.82, 2.24) is 0 Å². The number of benzene rings is 1. The molecule has 20 heavy (non-hydrogen) atoms. The molecule has 2 rings (SSSR count). The molecule has 1 saturated carbocycles. The topological polar surface area (TPSA) is 35.2 Å². The summed E-state index contributed by atoms with van der Waals surface area (Å²) < 4.78 is 5.99. The van der Waals surface area contributed by atoms with Gasteiger partial charge < -0.3 is 10.5 Å². The first-order valence-corrected chi connectivity index (χ1v) is 8.20. The van der Waals surface area contributed by atoms with Crippen molar-refractivity contribution in [2.45, 2.75) is 57.6 Å². The van der Waals surface area contributed by atoms with Gasteiger partial charge in [0.15, 0.2) is 0 Å². The standard InChI is InChI=1S/C17H26ClNO/c1-2-20-17(14-6-4-3-5-7-14)16(19)12-13-8-10-15(18)11-9-13/h8-11,14,16-17H,2-7,12,19H2,1H3. The molecule has 3 heteroatoms. The highest BCUT2D eigenvalue weighted by Gasteiger charge is 2.29. The monoisotopic (exact) mass is 295 g/mol. The summed E-state index contributed by atoms with van der Waals surface area (Å²) in [6.45, 7) is 2.81. The van der Waals surface area contributed by atoms with Gasteiger partial charge in [0, 0.05) is 17.7 Å². The van der Waals surface area contributed by atoms with Crippen molar-refractivity contribution in [2.75, 3.05) is 6.61 Å². The Labute approximate surface area is 127 Å². The van der Waals surface area contributed by atoms with Gasteiger partial charge in [0.25, 0.3) is 0 Å². The second kappa shape index (κ2) is 8.02. The van der Waals surface area contributed by atoms with Crippen molar-refractivity contribution in [1.29, 1.82) is 0 Å². The van der Waals surface area contributed by atoms with Crippen molar-refractivity contribution >= 4 is 11.6 Å². The number of ether oxygens (including phenoxy) is 1. The first-order chi connectivity index (χ1) is 9.70. The fraction of sp³-hybridized carbons (Fsp3) is 0.647. The molecule has 0 radical (unpaired) electrons. The summed E-state index contributed by atoms with van der Waals surface area (Å²) >= 11 is 5.93. The second-order valence-corrected chi connectivity index (χ2v) is 6.25. The van der Waals surface area contributed by atoms with E-state index in [4.69, 9.17) is 22.1 Å². The van der Waals surface area contributed by atoms with E-state index in [1.54, 1.807) is 0 Å². The van der Waals surface area contributed by atoms with Crippen LogP contribution in [-0.2, 0) is 11.2 Å². The van der Waals surface area contributed by atoms with Crippen LogP contribution in [0.5, 0.6) is 0 Å². The number of hydrogen-bond acceptors (Lipinski definition) is 2. The minimum absolute atomic E-state index is 0.0687. The van der Waals surface area contributed by atoms with Crippen molar-refractivity contribution in [3.63, 3.8) is 0 Å². The van der Waals surface area contributed by atoms with Gasteiger partial charge in [-0.1, -0.05) is 43.0 Å². The highest BCUT2D eigenvalue weighted by molar-refractivity contribution is 6.30. The lowest BCUT2D eigenvalue weighted by Crippen LogP contribution is -2.44. The van der Waals surface area contributed by atoms with Gasteiger partial charge in [-0.05, 0) is 49.8 Å². The molecule has 2 nitrogen and oxygen atoms in total. The van der Waals surface area contributed by atoms with E-state index in [0.29, 0.717) is 5.92 Å². The smallest absolute Gasteiger partial charge is 0.0757 e. The summed E-state index contributed by atoms with van der Waals surface area (Å²) in [5.74, 6) is 0.631. The summed E-state index contributed by atoms with van der Waals surface area (Å²) in [4.78, 5) is 0. The lowest BCUT2D eigenvalue weighted by atomic mass is 9.81. The fourth-order valence-corrected chi connectivity index (χ4v) is 3.40. The average molecular weight is 296 g/mol. The number of nitrogens with two attached hydrogens (primary N) is 1. The first kappa shape index (κ1) is 15.8. The molecule has 112 valence electrons. The molecule has 1 aliphatic rings. The maximum Gasteiger partial charge on any atom is 0.0757 e. The Hall–Kier alpha value is -0.570. The van der Waals surface area contributed by atoms with Crippen molar-refractivity contribution in [3.05, 3.63) is 34.9 Å². The van der Waals surface area contributed by atoms with Gasteiger partial charge in [0.2, 0.25) is 0 Å². The molecule has 0 bridgehead atoms. The molecule has 1 aromatic carbocycles. The van der Waals surface area contributed by atoms with E-state index in [9.17, 15) is 0 Å². The van der Waals surface area contributed by atoms with Gasteiger partial charge in [0.1, 0.15) is 0 Å². The maximum absolute atomic E-state index is 6.45. The fourth-order valence-electron chi connectivity index (χ4n) is 3.27. The third-order valence-corrected chi connectivity index (χ3v) is 4.53. The third-order valence-electron chi connectivity index (χ3n) is 4.28. The van der Waals surface area contributed by atoms with Crippen molar-refractivity contribution in [3.8, 4) is 0 Å². The van der Waals surface area contributed by atoms with Crippen LogP contribution in [0.2, 0.25) is 5.02 Å². The molecule has 1 fully saturated rings. The van der Waals surface area contributed by atoms with E-state index >= 15 is 0 Å². The number of halogens is 1. The van der Waals surface area contributed by atoms with Crippen LogP contribution in [0.1, 0.15) is 44.6 Å². The molecule has 0 heterocycles. The van der Waals surface area contributed by atoms with Crippen LogP contribution in [0.3, 0.4) is 0 Å². The predicted octanol–water partition coefficient (Wildman–Crippen LogP) is 4.20. The van der Waals surface area contributed by atoms with Crippen LogP contribution >= 0.6 is 11.6 Å². The Morgan fingerprint density at radius 1 is 1.20 bits per heavy atom. The summed E-state index contributed by atoms with van der Waals surface area (Å²) in [7, 11) is 0. The van der Waals surface area contributed by atoms with Crippen LogP contribution in [0.25, 0.3) is 0 Å². The van der Waals surface area contributed by atoms with E-state index in [2.05, 4.69) is 19.1 Å². The Morgan fingerprint density at radius 2 is 1.85 bits per heavy atom. The molecule has 1 aromatic rings. The van der Waals surface area contributed by atoms with Crippen LogP contribution < -0.4 is 5.73 Å². The van der Waals surface area contributed by atoms with Gasteiger partial charge in [-0.25, -0.2) is 0 Å². The molecule has 0 aromatic heterocycles. The summed E-state index contributed by atoms with van der Waals surface area (Å²) in [5.41, 5.74) is 7.69. The van der Waals surface area contributed by atoms with E-state index in [0.717, 1.165) is 18.1 Å². The third kappa shape index (κ3) is 4.47. The minimum Gasteiger partial charge on any atom is -0.377 e. The first-order valence-electron chi connectivity index (χ1n) is 7.82. The molecule has 2 N–H and O–H groups in total. The number of rotatable bonds is 6. The largest absolute Gasteiger partial charge is 0.377 e. The Morgan fingerprint density at radius 3 is 2.45 bits per heavy atom. The molecule has 0 spiro atoms. The van der Waals surface area contributed by atoms with Gasteiger partial charge in [-0.15, -0.1) is 0 Å². The normalized spacial score (nSPS) is 19.8. The Kier molecular flexibility index (Phi) is 6.34. The van der Waals surface area contributed by atoms with Gasteiger partial charge in [-0.3, -0.25) is 0 Å². The zero-order chi connectivity index (χ0) is 14.4. The highest BCUT2D eigenvalue weighted by Crippen LogP contribution is 2.30. The van der Waals surface area contributed by atoms with Gasteiger partial charge >= 0.3 is 0 Å². The van der Waals surface area contributed by atoms with Crippen LogP contribution in [0, 0.1) is 5.92 Å².